The van der Waals surface area contributed by atoms with Crippen LogP contribution in [0.3, 0.4) is 0 Å². The Bertz CT molecular complexity index is 253. The Kier molecular flexibility index (Phi) is 4.40. The van der Waals surface area contributed by atoms with Gasteiger partial charge in [0.25, 0.3) is 0 Å². The van der Waals surface area contributed by atoms with Crippen LogP contribution in [0.15, 0.2) is 0 Å². The molecule has 0 atom stereocenters. The van der Waals surface area contributed by atoms with Crippen LogP contribution in [0.2, 0.25) is 0 Å². The van der Waals surface area contributed by atoms with Crippen molar-refractivity contribution in [2.75, 3.05) is 0 Å². The summed E-state index contributed by atoms with van der Waals surface area (Å²) in [7, 11) is 0. The van der Waals surface area contributed by atoms with Crippen LogP contribution < -0.4 is 16.8 Å². The molecule has 0 spiro atoms. The van der Waals surface area contributed by atoms with Crippen molar-refractivity contribution in [2.45, 2.75) is 69.5 Å². The van der Waals surface area contributed by atoms with Crippen molar-refractivity contribution >= 4 is 5.91 Å². The summed E-state index contributed by atoms with van der Waals surface area (Å²) in [6.45, 7) is 0. The molecule has 2 saturated carbocycles. The van der Waals surface area contributed by atoms with E-state index in [0.717, 1.165) is 51.4 Å². The van der Waals surface area contributed by atoms with E-state index in [-0.39, 0.29) is 11.8 Å². The van der Waals surface area contributed by atoms with Gasteiger partial charge in [-0.3, -0.25) is 4.79 Å². The number of nitrogens with two attached hydrogens (primary N) is 2. The van der Waals surface area contributed by atoms with E-state index in [1.165, 1.54) is 0 Å². The predicted octanol–water partition coefficient (Wildman–Crippen LogP) is 0.890. The lowest BCUT2D eigenvalue weighted by Gasteiger charge is -2.30. The van der Waals surface area contributed by atoms with E-state index in [2.05, 4.69) is 5.32 Å². The topological polar surface area (TPSA) is 81.1 Å². The lowest BCUT2D eigenvalue weighted by Crippen LogP contribution is -2.44. The molecule has 2 aliphatic rings. The number of hydrogen-bond acceptors (Lipinski definition) is 3. The fourth-order valence-corrected chi connectivity index (χ4v) is 2.96. The highest BCUT2D eigenvalue weighted by molar-refractivity contribution is 5.79. The van der Waals surface area contributed by atoms with Crippen molar-refractivity contribution in [3.63, 3.8) is 0 Å². The molecule has 0 aromatic carbocycles. The van der Waals surface area contributed by atoms with Gasteiger partial charge in [0, 0.05) is 24.0 Å². The Hall–Kier alpha value is -0.610. The molecule has 0 saturated heterocycles. The third kappa shape index (κ3) is 3.68. The third-order valence-electron chi connectivity index (χ3n) is 4.26. The van der Waals surface area contributed by atoms with Crippen molar-refractivity contribution in [3.8, 4) is 0 Å². The minimum atomic E-state index is 0.199. The Morgan fingerprint density at radius 2 is 1.29 bits per heavy atom. The Labute approximate surface area is 103 Å². The summed E-state index contributed by atoms with van der Waals surface area (Å²) in [6, 6.07) is 1.01. The zero-order valence-corrected chi connectivity index (χ0v) is 10.5. The van der Waals surface area contributed by atoms with Gasteiger partial charge in [0.2, 0.25) is 5.91 Å². The van der Waals surface area contributed by atoms with Crippen LogP contribution in [0.4, 0.5) is 0 Å². The van der Waals surface area contributed by atoms with Crippen LogP contribution in [-0.4, -0.2) is 24.0 Å². The van der Waals surface area contributed by atoms with E-state index in [9.17, 15) is 4.79 Å². The second kappa shape index (κ2) is 5.83. The zero-order chi connectivity index (χ0) is 12.3. The molecule has 0 bridgehead atoms. The van der Waals surface area contributed by atoms with E-state index in [1.807, 2.05) is 0 Å². The van der Waals surface area contributed by atoms with E-state index in [1.54, 1.807) is 0 Å². The maximum Gasteiger partial charge on any atom is 0.223 e. The SMILES string of the molecule is NC1CCC(NC(=O)C2CCC(N)CC2)CC1. The smallest absolute Gasteiger partial charge is 0.223 e. The molecule has 5 N–H and O–H groups in total. The zero-order valence-electron chi connectivity index (χ0n) is 10.5. The maximum atomic E-state index is 12.1. The predicted molar refractivity (Wildman–Crippen MR) is 68.3 cm³/mol. The molecule has 17 heavy (non-hydrogen) atoms. The fraction of sp³-hybridized carbons (Fsp3) is 0.923. The van der Waals surface area contributed by atoms with Gasteiger partial charge in [-0.05, 0) is 51.4 Å². The third-order valence-corrected chi connectivity index (χ3v) is 4.26. The van der Waals surface area contributed by atoms with Gasteiger partial charge in [0.15, 0.2) is 0 Å². The van der Waals surface area contributed by atoms with Crippen LogP contribution in [0.25, 0.3) is 0 Å². The Balaban J connectivity index is 1.73. The molecule has 98 valence electrons. The quantitative estimate of drug-likeness (QED) is 0.669. The second-order valence-electron chi connectivity index (χ2n) is 5.73. The van der Waals surface area contributed by atoms with E-state index in [4.69, 9.17) is 11.5 Å². The molecular formula is C13H25N3O. The van der Waals surface area contributed by atoms with Gasteiger partial charge in [-0.1, -0.05) is 0 Å². The first-order chi connectivity index (χ1) is 8.15. The summed E-state index contributed by atoms with van der Waals surface area (Å²) in [5.74, 6) is 0.447. The van der Waals surface area contributed by atoms with Gasteiger partial charge in [0.1, 0.15) is 0 Å². The molecule has 0 unspecified atom stereocenters. The summed E-state index contributed by atoms with van der Waals surface area (Å²) in [5, 5.41) is 3.19. The molecule has 0 aromatic rings. The second-order valence-corrected chi connectivity index (χ2v) is 5.73. The summed E-state index contributed by atoms with van der Waals surface area (Å²) in [5.41, 5.74) is 11.7. The van der Waals surface area contributed by atoms with Gasteiger partial charge in [-0.25, -0.2) is 0 Å². The lowest BCUT2D eigenvalue weighted by molar-refractivity contribution is -0.127. The van der Waals surface area contributed by atoms with Gasteiger partial charge in [0.05, 0.1) is 0 Å². The van der Waals surface area contributed by atoms with Crippen molar-refractivity contribution in [1.29, 1.82) is 0 Å². The van der Waals surface area contributed by atoms with E-state index in [0.29, 0.717) is 18.1 Å². The molecule has 2 fully saturated rings. The van der Waals surface area contributed by atoms with Gasteiger partial charge in [-0.15, -0.1) is 0 Å². The van der Waals surface area contributed by atoms with Gasteiger partial charge < -0.3 is 16.8 Å². The monoisotopic (exact) mass is 239 g/mol. The highest BCUT2D eigenvalue weighted by Gasteiger charge is 2.27. The molecule has 0 aliphatic heterocycles. The molecule has 4 nitrogen and oxygen atoms in total. The number of carbonyl (C=O) groups excluding carboxylic acids is 1. The average molecular weight is 239 g/mol. The largest absolute Gasteiger partial charge is 0.353 e. The first kappa shape index (κ1) is 12.8. The molecule has 1 amide bonds. The minimum Gasteiger partial charge on any atom is -0.353 e. The Morgan fingerprint density at radius 3 is 1.82 bits per heavy atom. The average Bonchev–Trinajstić information content (AvgIpc) is 2.33. The van der Waals surface area contributed by atoms with Crippen LogP contribution in [-0.2, 0) is 4.79 Å². The molecule has 0 radical (unpaired) electrons. The number of rotatable bonds is 2. The first-order valence-electron chi connectivity index (χ1n) is 6.96. The highest BCUT2D eigenvalue weighted by Crippen LogP contribution is 2.24. The minimum absolute atomic E-state index is 0.199. The van der Waals surface area contributed by atoms with Crippen molar-refractivity contribution in [3.05, 3.63) is 0 Å². The van der Waals surface area contributed by atoms with Gasteiger partial charge in [-0.2, -0.15) is 0 Å². The molecule has 0 aromatic heterocycles. The van der Waals surface area contributed by atoms with Crippen LogP contribution >= 0.6 is 0 Å². The lowest BCUT2D eigenvalue weighted by atomic mass is 9.85. The fourth-order valence-electron chi connectivity index (χ4n) is 2.96. The molecule has 4 heteroatoms. The Morgan fingerprint density at radius 1 is 0.824 bits per heavy atom. The number of hydrogen-bond donors (Lipinski definition) is 3. The summed E-state index contributed by atoms with van der Waals surface area (Å²) < 4.78 is 0. The van der Waals surface area contributed by atoms with Crippen LogP contribution in [0.5, 0.6) is 0 Å². The molecule has 2 aliphatic carbocycles. The molecule has 0 heterocycles. The number of carbonyl (C=O) groups is 1. The van der Waals surface area contributed by atoms with Gasteiger partial charge >= 0.3 is 0 Å². The standard InChI is InChI=1S/C13H25N3O/c14-10-3-1-9(2-4-10)13(17)16-12-7-5-11(15)6-8-12/h9-12H,1-8,14-15H2,(H,16,17). The van der Waals surface area contributed by atoms with Crippen LogP contribution in [0.1, 0.15) is 51.4 Å². The van der Waals surface area contributed by atoms with Crippen LogP contribution in [0, 0.1) is 5.92 Å². The number of amides is 1. The molecular weight excluding hydrogens is 214 g/mol. The van der Waals surface area contributed by atoms with Crippen molar-refractivity contribution < 1.29 is 4.79 Å². The normalized spacial score (nSPS) is 38.7. The number of nitrogens with one attached hydrogen (secondary N) is 1. The van der Waals surface area contributed by atoms with E-state index < -0.39 is 0 Å². The summed E-state index contributed by atoms with van der Waals surface area (Å²) >= 11 is 0. The highest BCUT2D eigenvalue weighted by atomic mass is 16.1. The summed E-state index contributed by atoms with van der Waals surface area (Å²) in [4.78, 5) is 12.1. The summed E-state index contributed by atoms with van der Waals surface area (Å²) in [6.07, 6.45) is 8.07. The van der Waals surface area contributed by atoms with Crippen molar-refractivity contribution in [2.24, 2.45) is 17.4 Å². The molecule has 2 rings (SSSR count). The first-order valence-corrected chi connectivity index (χ1v) is 6.96. The van der Waals surface area contributed by atoms with Crippen molar-refractivity contribution in [1.82, 2.24) is 5.32 Å². The van der Waals surface area contributed by atoms with E-state index >= 15 is 0 Å². The maximum absolute atomic E-state index is 12.1.